The number of carbonyl (C=O) groups is 2. The summed E-state index contributed by atoms with van der Waals surface area (Å²) in [4.78, 5) is 23.8. The molecule has 5 unspecified atom stereocenters. The first-order valence-electron chi connectivity index (χ1n) is 7.67. The van der Waals surface area contributed by atoms with Crippen LogP contribution in [0.5, 0.6) is 5.75 Å². The summed E-state index contributed by atoms with van der Waals surface area (Å²) < 4.78 is 9.80. The van der Waals surface area contributed by atoms with Gasteiger partial charge in [-0.3, -0.25) is 4.79 Å². The zero-order valence-electron chi connectivity index (χ0n) is 13.4. The first kappa shape index (κ1) is 19.3. The predicted molar refractivity (Wildman–Crippen MR) is 81.9 cm³/mol. The van der Waals surface area contributed by atoms with Crippen molar-refractivity contribution in [2.75, 3.05) is 6.61 Å². The van der Waals surface area contributed by atoms with E-state index in [0.29, 0.717) is 0 Å². The number of aliphatic hydroxyl groups excluding tert-OH is 4. The average Bonchev–Trinajstić information content (AvgIpc) is 2.61. The molecule has 1 aromatic carbocycles. The fraction of sp³-hybridized carbons (Fsp3) is 0.500. The SMILES string of the molecule is CCC(=O)c1ccc(O)c(C(=O)OCC2OC(O)C(O)C(O)C2O)c1. The van der Waals surface area contributed by atoms with Gasteiger partial charge in [-0.05, 0) is 18.2 Å². The van der Waals surface area contributed by atoms with Crippen LogP contribution in [0.25, 0.3) is 0 Å². The molecule has 5 atom stereocenters. The molecule has 0 radical (unpaired) electrons. The van der Waals surface area contributed by atoms with E-state index in [4.69, 9.17) is 9.47 Å². The number of aliphatic hydroxyl groups is 4. The van der Waals surface area contributed by atoms with Gasteiger partial charge in [-0.25, -0.2) is 4.79 Å². The number of phenols is 1. The third-order valence-corrected chi connectivity index (χ3v) is 3.93. The molecule has 138 valence electrons. The molecule has 1 fully saturated rings. The largest absolute Gasteiger partial charge is 0.507 e. The Morgan fingerprint density at radius 3 is 2.44 bits per heavy atom. The lowest BCUT2D eigenvalue weighted by Crippen LogP contribution is -2.58. The first-order valence-corrected chi connectivity index (χ1v) is 7.67. The molecular formula is C16H20O9. The molecule has 1 aliphatic heterocycles. The number of phenolic OH excluding ortho intramolecular Hbond substituents is 1. The molecule has 9 heteroatoms. The Morgan fingerprint density at radius 2 is 1.80 bits per heavy atom. The summed E-state index contributed by atoms with van der Waals surface area (Å²) in [7, 11) is 0. The monoisotopic (exact) mass is 356 g/mol. The topological polar surface area (TPSA) is 154 Å². The van der Waals surface area contributed by atoms with Crippen molar-refractivity contribution in [2.24, 2.45) is 0 Å². The van der Waals surface area contributed by atoms with Crippen LogP contribution in [0, 0.1) is 0 Å². The van der Waals surface area contributed by atoms with Crippen LogP contribution in [0.2, 0.25) is 0 Å². The summed E-state index contributed by atoms with van der Waals surface area (Å²) in [6, 6.07) is 3.75. The van der Waals surface area contributed by atoms with E-state index in [9.17, 15) is 35.1 Å². The van der Waals surface area contributed by atoms with E-state index >= 15 is 0 Å². The molecule has 1 heterocycles. The molecule has 0 bridgehead atoms. The molecule has 0 aromatic heterocycles. The number of rotatable bonds is 5. The number of hydrogen-bond acceptors (Lipinski definition) is 9. The zero-order chi connectivity index (χ0) is 18.7. The number of ketones is 1. The van der Waals surface area contributed by atoms with Gasteiger partial charge >= 0.3 is 5.97 Å². The maximum atomic E-state index is 12.1. The number of Topliss-reactive ketones (excluding diaryl/α,β-unsaturated/α-hetero) is 1. The number of aromatic hydroxyl groups is 1. The molecule has 0 aliphatic carbocycles. The lowest BCUT2D eigenvalue weighted by molar-refractivity contribution is -0.286. The van der Waals surface area contributed by atoms with E-state index in [-0.39, 0.29) is 23.3 Å². The summed E-state index contributed by atoms with van der Waals surface area (Å²) in [6.07, 6.45) is -7.76. The molecule has 25 heavy (non-hydrogen) atoms. The van der Waals surface area contributed by atoms with Crippen LogP contribution in [0.3, 0.4) is 0 Å². The van der Waals surface area contributed by atoms with Gasteiger partial charge in [0.1, 0.15) is 42.3 Å². The summed E-state index contributed by atoms with van der Waals surface area (Å²) in [5, 5.41) is 47.9. The van der Waals surface area contributed by atoms with Crippen molar-refractivity contribution in [3.63, 3.8) is 0 Å². The number of ether oxygens (including phenoxy) is 2. The van der Waals surface area contributed by atoms with Gasteiger partial charge in [0.25, 0.3) is 0 Å². The second-order valence-corrected chi connectivity index (χ2v) is 5.64. The van der Waals surface area contributed by atoms with Crippen LogP contribution >= 0.6 is 0 Å². The summed E-state index contributed by atoms with van der Waals surface area (Å²) in [5.74, 6) is -1.59. The number of benzene rings is 1. The van der Waals surface area contributed by atoms with E-state index in [1.54, 1.807) is 6.92 Å². The molecule has 5 N–H and O–H groups in total. The predicted octanol–water partition coefficient (Wildman–Crippen LogP) is -1.06. The molecule has 1 aromatic rings. The highest BCUT2D eigenvalue weighted by Gasteiger charge is 2.43. The van der Waals surface area contributed by atoms with E-state index in [0.717, 1.165) is 0 Å². The quantitative estimate of drug-likeness (QED) is 0.328. The standard InChI is InChI=1S/C16H20O9/c1-2-9(17)7-3-4-10(18)8(5-7)15(22)24-6-11-12(19)13(20)14(21)16(23)25-11/h3-5,11-14,16,18-21,23H,2,6H2,1H3. The average molecular weight is 356 g/mol. The van der Waals surface area contributed by atoms with Gasteiger partial charge in [0.2, 0.25) is 0 Å². The molecule has 0 amide bonds. The van der Waals surface area contributed by atoms with Crippen molar-refractivity contribution >= 4 is 11.8 Å². The van der Waals surface area contributed by atoms with Crippen LogP contribution < -0.4 is 0 Å². The third kappa shape index (κ3) is 4.14. The number of hydrogen-bond donors (Lipinski definition) is 5. The van der Waals surface area contributed by atoms with E-state index in [1.807, 2.05) is 0 Å². The van der Waals surface area contributed by atoms with Crippen LogP contribution in [0.1, 0.15) is 34.1 Å². The normalized spacial score (nSPS) is 29.2. The Kier molecular flexibility index (Phi) is 6.09. The third-order valence-electron chi connectivity index (χ3n) is 3.93. The molecular weight excluding hydrogens is 336 g/mol. The minimum atomic E-state index is -1.75. The Morgan fingerprint density at radius 1 is 1.12 bits per heavy atom. The van der Waals surface area contributed by atoms with Gasteiger partial charge < -0.3 is 35.0 Å². The van der Waals surface area contributed by atoms with Crippen molar-refractivity contribution in [3.05, 3.63) is 29.3 Å². The Bertz CT molecular complexity index is 644. The van der Waals surface area contributed by atoms with Crippen LogP contribution in [0.4, 0.5) is 0 Å². The van der Waals surface area contributed by atoms with E-state index < -0.39 is 49.0 Å². The fourth-order valence-electron chi connectivity index (χ4n) is 2.38. The first-order chi connectivity index (χ1) is 11.8. The maximum Gasteiger partial charge on any atom is 0.342 e. The van der Waals surface area contributed by atoms with E-state index in [1.165, 1.54) is 18.2 Å². The highest BCUT2D eigenvalue weighted by molar-refractivity contribution is 6.00. The molecule has 1 aliphatic rings. The van der Waals surface area contributed by atoms with Gasteiger partial charge in [0, 0.05) is 12.0 Å². The second kappa shape index (κ2) is 7.89. The van der Waals surface area contributed by atoms with Gasteiger partial charge in [-0.2, -0.15) is 0 Å². The van der Waals surface area contributed by atoms with Gasteiger partial charge in [-0.15, -0.1) is 0 Å². The lowest BCUT2D eigenvalue weighted by atomic mass is 9.99. The Balaban J connectivity index is 2.06. The Hall–Kier alpha value is -2.04. The van der Waals surface area contributed by atoms with Gasteiger partial charge in [0.05, 0.1) is 0 Å². The fourth-order valence-corrected chi connectivity index (χ4v) is 2.38. The van der Waals surface area contributed by atoms with Crippen molar-refractivity contribution in [1.82, 2.24) is 0 Å². The number of esters is 1. The number of carbonyl (C=O) groups excluding carboxylic acids is 2. The smallest absolute Gasteiger partial charge is 0.342 e. The minimum absolute atomic E-state index is 0.222. The highest BCUT2D eigenvalue weighted by Crippen LogP contribution is 2.23. The van der Waals surface area contributed by atoms with Crippen molar-refractivity contribution in [2.45, 2.75) is 44.1 Å². The van der Waals surface area contributed by atoms with E-state index in [2.05, 4.69) is 0 Å². The van der Waals surface area contributed by atoms with Crippen LogP contribution in [0.15, 0.2) is 18.2 Å². The molecule has 0 saturated carbocycles. The van der Waals surface area contributed by atoms with Gasteiger partial charge in [-0.1, -0.05) is 6.92 Å². The zero-order valence-corrected chi connectivity index (χ0v) is 13.4. The van der Waals surface area contributed by atoms with Crippen molar-refractivity contribution in [3.8, 4) is 5.75 Å². The minimum Gasteiger partial charge on any atom is -0.507 e. The van der Waals surface area contributed by atoms with Crippen molar-refractivity contribution < 1.29 is 44.6 Å². The molecule has 2 rings (SSSR count). The molecule has 1 saturated heterocycles. The van der Waals surface area contributed by atoms with Crippen LogP contribution in [-0.2, 0) is 9.47 Å². The maximum absolute atomic E-state index is 12.1. The summed E-state index contributed by atoms with van der Waals surface area (Å²) in [6.45, 7) is 1.10. The summed E-state index contributed by atoms with van der Waals surface area (Å²) in [5.41, 5.74) is -0.0131. The van der Waals surface area contributed by atoms with Crippen molar-refractivity contribution in [1.29, 1.82) is 0 Å². The molecule has 0 spiro atoms. The van der Waals surface area contributed by atoms with Crippen LogP contribution in [-0.4, -0.2) is 74.6 Å². The highest BCUT2D eigenvalue weighted by atomic mass is 16.6. The van der Waals surface area contributed by atoms with Gasteiger partial charge in [0.15, 0.2) is 12.1 Å². The Labute approximate surface area is 143 Å². The summed E-state index contributed by atoms with van der Waals surface area (Å²) >= 11 is 0. The molecule has 9 nitrogen and oxygen atoms in total. The second-order valence-electron chi connectivity index (χ2n) is 5.64. The lowest BCUT2D eigenvalue weighted by Gasteiger charge is -2.37.